The maximum atomic E-state index is 12.3. The maximum Gasteiger partial charge on any atom is 0.249 e. The van der Waals surface area contributed by atoms with Crippen LogP contribution in [0, 0.1) is 0 Å². The van der Waals surface area contributed by atoms with Gasteiger partial charge in [-0.1, -0.05) is 17.7 Å². The largest absolute Gasteiger partial charge is 0.344 e. The van der Waals surface area contributed by atoms with Crippen molar-refractivity contribution in [3.63, 3.8) is 0 Å². The fraction of sp³-hybridized carbons (Fsp3) is 0.467. The van der Waals surface area contributed by atoms with Crippen molar-refractivity contribution in [2.45, 2.75) is 25.3 Å². The highest BCUT2D eigenvalue weighted by atomic mass is 35.5. The lowest BCUT2D eigenvalue weighted by Crippen LogP contribution is -2.41. The number of hydrogen-bond acceptors (Lipinski definition) is 3. The van der Waals surface area contributed by atoms with Crippen LogP contribution in [0.4, 0.5) is 5.69 Å². The number of halogens is 1. The highest BCUT2D eigenvalue weighted by Gasteiger charge is 2.33. The summed E-state index contributed by atoms with van der Waals surface area (Å²) in [6.45, 7) is 1.39. The summed E-state index contributed by atoms with van der Waals surface area (Å²) in [6, 6.07) is 6.77. The number of carbonyl (C=O) groups is 2. The highest BCUT2D eigenvalue weighted by Crippen LogP contribution is 2.24. The standard InChI is InChI=1S/C15H20ClN3O2/c1-17-8-3-6-14(20)18-13-7-9-19(15(13)21)12-5-2-4-11(16)10-12/h2,4-5,10,13,17H,3,6-9H2,1H3,(H,18,20). The summed E-state index contributed by atoms with van der Waals surface area (Å²) in [5.74, 6) is -0.143. The predicted octanol–water partition coefficient (Wildman–Crippen LogP) is 1.56. The number of rotatable bonds is 6. The van der Waals surface area contributed by atoms with Crippen LogP contribution in [0.15, 0.2) is 24.3 Å². The molecular formula is C15H20ClN3O2. The minimum absolute atomic E-state index is 0.0702. The topological polar surface area (TPSA) is 61.4 Å². The molecule has 1 aliphatic rings. The molecule has 0 radical (unpaired) electrons. The van der Waals surface area contributed by atoms with Gasteiger partial charge in [-0.2, -0.15) is 0 Å². The monoisotopic (exact) mass is 309 g/mol. The Labute approximate surface area is 129 Å². The van der Waals surface area contributed by atoms with E-state index in [9.17, 15) is 9.59 Å². The van der Waals surface area contributed by atoms with Gasteiger partial charge in [0.05, 0.1) is 0 Å². The smallest absolute Gasteiger partial charge is 0.249 e. The minimum Gasteiger partial charge on any atom is -0.344 e. The third-order valence-corrected chi connectivity index (χ3v) is 3.73. The molecule has 5 nitrogen and oxygen atoms in total. The number of carbonyl (C=O) groups excluding carboxylic acids is 2. The van der Waals surface area contributed by atoms with Gasteiger partial charge < -0.3 is 15.5 Å². The van der Waals surface area contributed by atoms with Gasteiger partial charge in [0.1, 0.15) is 6.04 Å². The summed E-state index contributed by atoms with van der Waals surface area (Å²) in [6.07, 6.45) is 1.83. The molecule has 114 valence electrons. The van der Waals surface area contributed by atoms with Gasteiger partial charge in [0.15, 0.2) is 0 Å². The summed E-state index contributed by atoms with van der Waals surface area (Å²) in [4.78, 5) is 25.8. The third-order valence-electron chi connectivity index (χ3n) is 3.49. The molecule has 1 atom stereocenters. The van der Waals surface area contributed by atoms with E-state index in [-0.39, 0.29) is 11.8 Å². The van der Waals surface area contributed by atoms with E-state index in [4.69, 9.17) is 11.6 Å². The van der Waals surface area contributed by atoms with Gasteiger partial charge in [0, 0.05) is 23.7 Å². The van der Waals surface area contributed by atoms with Crippen molar-refractivity contribution in [3.8, 4) is 0 Å². The van der Waals surface area contributed by atoms with Crippen molar-refractivity contribution in [1.29, 1.82) is 0 Å². The Kier molecular flexibility index (Phi) is 5.59. The quantitative estimate of drug-likeness (QED) is 0.784. The first-order valence-corrected chi connectivity index (χ1v) is 7.50. The van der Waals surface area contributed by atoms with Gasteiger partial charge in [-0.05, 0) is 44.6 Å². The van der Waals surface area contributed by atoms with Crippen LogP contribution in [0.5, 0.6) is 0 Å². The van der Waals surface area contributed by atoms with Crippen molar-refractivity contribution >= 4 is 29.1 Å². The molecule has 0 aromatic heterocycles. The lowest BCUT2D eigenvalue weighted by molar-refractivity contribution is -0.126. The molecule has 21 heavy (non-hydrogen) atoms. The molecule has 2 N–H and O–H groups in total. The summed E-state index contributed by atoms with van der Waals surface area (Å²) in [5.41, 5.74) is 0.777. The predicted molar refractivity (Wildman–Crippen MR) is 83.5 cm³/mol. The number of hydrogen-bond donors (Lipinski definition) is 2. The van der Waals surface area contributed by atoms with Crippen LogP contribution >= 0.6 is 11.6 Å². The number of benzene rings is 1. The summed E-state index contributed by atoms with van der Waals surface area (Å²) >= 11 is 5.95. The van der Waals surface area contributed by atoms with Crippen LogP contribution in [0.1, 0.15) is 19.3 Å². The Bertz CT molecular complexity index is 521. The molecule has 1 unspecified atom stereocenters. The van der Waals surface area contributed by atoms with E-state index < -0.39 is 6.04 Å². The van der Waals surface area contributed by atoms with Gasteiger partial charge in [0.25, 0.3) is 0 Å². The zero-order valence-corrected chi connectivity index (χ0v) is 12.8. The fourth-order valence-corrected chi connectivity index (χ4v) is 2.59. The van der Waals surface area contributed by atoms with Gasteiger partial charge in [0.2, 0.25) is 11.8 Å². The molecule has 0 saturated carbocycles. The van der Waals surface area contributed by atoms with E-state index >= 15 is 0 Å². The SMILES string of the molecule is CNCCCC(=O)NC1CCN(c2cccc(Cl)c2)C1=O. The second-order valence-corrected chi connectivity index (χ2v) is 5.52. The van der Waals surface area contributed by atoms with E-state index in [1.807, 2.05) is 19.2 Å². The average Bonchev–Trinajstić information content (AvgIpc) is 2.80. The lowest BCUT2D eigenvalue weighted by Gasteiger charge is -2.17. The number of anilines is 1. The van der Waals surface area contributed by atoms with E-state index in [1.165, 1.54) is 0 Å². The van der Waals surface area contributed by atoms with Crippen molar-refractivity contribution in [3.05, 3.63) is 29.3 Å². The Morgan fingerprint density at radius 3 is 3.00 bits per heavy atom. The van der Waals surface area contributed by atoms with Crippen LogP contribution < -0.4 is 15.5 Å². The molecule has 1 heterocycles. The van der Waals surface area contributed by atoms with Gasteiger partial charge >= 0.3 is 0 Å². The molecule has 1 aliphatic heterocycles. The van der Waals surface area contributed by atoms with Crippen molar-refractivity contribution < 1.29 is 9.59 Å². The molecule has 1 saturated heterocycles. The van der Waals surface area contributed by atoms with Crippen LogP contribution in [0.25, 0.3) is 0 Å². The first-order chi connectivity index (χ1) is 10.1. The minimum atomic E-state index is -0.425. The molecular weight excluding hydrogens is 290 g/mol. The van der Waals surface area contributed by atoms with Crippen molar-refractivity contribution in [2.24, 2.45) is 0 Å². The summed E-state index contributed by atoms with van der Waals surface area (Å²) in [5, 5.41) is 6.40. The number of nitrogens with one attached hydrogen (secondary N) is 2. The van der Waals surface area contributed by atoms with Crippen molar-refractivity contribution in [1.82, 2.24) is 10.6 Å². The Balaban J connectivity index is 1.91. The van der Waals surface area contributed by atoms with Crippen molar-refractivity contribution in [2.75, 3.05) is 25.0 Å². The molecule has 1 aromatic carbocycles. The Morgan fingerprint density at radius 1 is 1.48 bits per heavy atom. The molecule has 2 amide bonds. The van der Waals surface area contributed by atoms with Crippen LogP contribution in [-0.2, 0) is 9.59 Å². The third kappa shape index (κ3) is 4.19. The molecule has 0 bridgehead atoms. The second-order valence-electron chi connectivity index (χ2n) is 5.09. The van der Waals surface area contributed by atoms with Crippen LogP contribution in [0.3, 0.4) is 0 Å². The highest BCUT2D eigenvalue weighted by molar-refractivity contribution is 6.31. The maximum absolute atomic E-state index is 12.3. The molecule has 1 fully saturated rings. The lowest BCUT2D eigenvalue weighted by atomic mass is 10.2. The number of amides is 2. The number of nitrogens with zero attached hydrogens (tertiary/aromatic N) is 1. The molecule has 6 heteroatoms. The molecule has 0 spiro atoms. The second kappa shape index (κ2) is 7.43. The average molecular weight is 310 g/mol. The van der Waals surface area contributed by atoms with Gasteiger partial charge in [-0.3, -0.25) is 9.59 Å². The van der Waals surface area contributed by atoms with E-state index in [1.54, 1.807) is 17.0 Å². The molecule has 0 aliphatic carbocycles. The fourth-order valence-electron chi connectivity index (χ4n) is 2.41. The Hall–Kier alpha value is -1.59. The zero-order valence-electron chi connectivity index (χ0n) is 12.1. The van der Waals surface area contributed by atoms with Gasteiger partial charge in [-0.25, -0.2) is 0 Å². The molecule has 1 aromatic rings. The molecule has 2 rings (SSSR count). The first kappa shape index (κ1) is 15.8. The van der Waals surface area contributed by atoms with E-state index in [0.29, 0.717) is 24.4 Å². The van der Waals surface area contributed by atoms with Crippen LogP contribution in [0.2, 0.25) is 5.02 Å². The zero-order chi connectivity index (χ0) is 15.2. The van der Waals surface area contributed by atoms with Gasteiger partial charge in [-0.15, -0.1) is 0 Å². The normalized spacial score (nSPS) is 18.1. The Morgan fingerprint density at radius 2 is 2.29 bits per heavy atom. The summed E-state index contributed by atoms with van der Waals surface area (Å²) < 4.78 is 0. The summed E-state index contributed by atoms with van der Waals surface area (Å²) in [7, 11) is 1.85. The van der Waals surface area contributed by atoms with E-state index in [2.05, 4.69) is 10.6 Å². The van der Waals surface area contributed by atoms with E-state index in [0.717, 1.165) is 18.7 Å². The first-order valence-electron chi connectivity index (χ1n) is 7.12. The van der Waals surface area contributed by atoms with Crippen LogP contribution in [-0.4, -0.2) is 38.0 Å².